The first-order valence-corrected chi connectivity index (χ1v) is 9.56. The van der Waals surface area contributed by atoms with Crippen molar-refractivity contribution in [3.8, 4) is 5.75 Å². The van der Waals surface area contributed by atoms with Gasteiger partial charge in [0.25, 0.3) is 0 Å². The molecule has 1 saturated heterocycles. The van der Waals surface area contributed by atoms with E-state index in [2.05, 4.69) is 31.8 Å². The molecule has 3 rings (SSSR count). The topological polar surface area (TPSA) is 35.9 Å². The molecular weight excluding hydrogens is 404 g/mol. The number of anilines is 1. The van der Waals surface area contributed by atoms with Crippen molar-refractivity contribution in [3.05, 3.63) is 58.0 Å². The second-order valence-electron chi connectivity index (χ2n) is 6.19. The van der Waals surface area contributed by atoms with Crippen molar-refractivity contribution in [2.45, 2.75) is 6.10 Å². The Morgan fingerprint density at radius 3 is 2.48 bits per heavy atom. The Kier molecular flexibility index (Phi) is 6.59. The van der Waals surface area contributed by atoms with Crippen molar-refractivity contribution >= 4 is 33.2 Å². The summed E-state index contributed by atoms with van der Waals surface area (Å²) in [5, 5.41) is 11.0. The van der Waals surface area contributed by atoms with Gasteiger partial charge in [0.15, 0.2) is 0 Å². The average Bonchev–Trinajstić information content (AvgIpc) is 2.62. The summed E-state index contributed by atoms with van der Waals surface area (Å²) in [4.78, 5) is 4.60. The molecule has 0 radical (unpaired) electrons. The van der Waals surface area contributed by atoms with E-state index in [9.17, 15) is 5.11 Å². The normalized spacial score (nSPS) is 16.7. The van der Waals surface area contributed by atoms with Crippen LogP contribution in [0.2, 0.25) is 5.02 Å². The van der Waals surface area contributed by atoms with E-state index in [1.807, 2.05) is 42.5 Å². The van der Waals surface area contributed by atoms with Crippen LogP contribution in [0.25, 0.3) is 0 Å². The fourth-order valence-corrected chi connectivity index (χ4v) is 3.38. The fourth-order valence-electron chi connectivity index (χ4n) is 2.94. The van der Waals surface area contributed by atoms with E-state index < -0.39 is 6.10 Å². The molecule has 0 saturated carbocycles. The van der Waals surface area contributed by atoms with Gasteiger partial charge in [0.1, 0.15) is 18.5 Å². The molecule has 1 atom stereocenters. The van der Waals surface area contributed by atoms with Gasteiger partial charge in [0, 0.05) is 47.9 Å². The van der Waals surface area contributed by atoms with Gasteiger partial charge in [-0.3, -0.25) is 4.90 Å². The van der Waals surface area contributed by atoms with Gasteiger partial charge >= 0.3 is 0 Å². The number of β-amino-alcohol motifs (C(OH)–C–C–N with tert-alkyl or cyclic N) is 1. The van der Waals surface area contributed by atoms with Gasteiger partial charge in [-0.25, -0.2) is 0 Å². The molecule has 6 heteroatoms. The quantitative estimate of drug-likeness (QED) is 0.766. The van der Waals surface area contributed by atoms with Crippen molar-refractivity contribution in [1.29, 1.82) is 0 Å². The first kappa shape index (κ1) is 18.5. The largest absolute Gasteiger partial charge is 0.491 e. The zero-order chi connectivity index (χ0) is 17.6. The number of hydrogen-bond acceptors (Lipinski definition) is 4. The Balaban J connectivity index is 1.41. The summed E-state index contributed by atoms with van der Waals surface area (Å²) in [6, 6.07) is 15.6. The molecule has 4 nitrogen and oxygen atoms in total. The van der Waals surface area contributed by atoms with Crippen molar-refractivity contribution in [2.75, 3.05) is 44.2 Å². The van der Waals surface area contributed by atoms with Crippen LogP contribution in [0, 0.1) is 0 Å². The van der Waals surface area contributed by atoms with Crippen LogP contribution >= 0.6 is 27.5 Å². The Morgan fingerprint density at radius 2 is 1.80 bits per heavy atom. The van der Waals surface area contributed by atoms with E-state index >= 15 is 0 Å². The van der Waals surface area contributed by atoms with Crippen LogP contribution < -0.4 is 9.64 Å². The lowest BCUT2D eigenvalue weighted by Crippen LogP contribution is -2.49. The highest BCUT2D eigenvalue weighted by atomic mass is 79.9. The minimum absolute atomic E-state index is 0.302. The van der Waals surface area contributed by atoms with Crippen molar-refractivity contribution in [3.63, 3.8) is 0 Å². The third-order valence-electron chi connectivity index (χ3n) is 4.27. The molecule has 1 N–H and O–H groups in total. The number of aliphatic hydroxyl groups is 1. The minimum atomic E-state index is -0.499. The summed E-state index contributed by atoms with van der Waals surface area (Å²) in [6.45, 7) is 4.63. The summed E-state index contributed by atoms with van der Waals surface area (Å²) in [6.07, 6.45) is -0.499. The SMILES string of the molecule is OC(COc1ccc(Br)cc1)CN1CCN(c2cccc(Cl)c2)CC1. The highest BCUT2D eigenvalue weighted by Gasteiger charge is 2.19. The van der Waals surface area contributed by atoms with Crippen molar-refractivity contribution in [1.82, 2.24) is 4.90 Å². The number of halogens is 2. The zero-order valence-electron chi connectivity index (χ0n) is 13.9. The van der Waals surface area contributed by atoms with Crippen LogP contribution in [0.5, 0.6) is 5.75 Å². The van der Waals surface area contributed by atoms with Crippen LogP contribution in [-0.2, 0) is 0 Å². The van der Waals surface area contributed by atoms with Gasteiger partial charge in [0.2, 0.25) is 0 Å². The maximum atomic E-state index is 10.2. The van der Waals surface area contributed by atoms with Crippen LogP contribution in [0.15, 0.2) is 53.0 Å². The Labute approximate surface area is 162 Å². The van der Waals surface area contributed by atoms with Gasteiger partial charge in [-0.1, -0.05) is 33.6 Å². The van der Waals surface area contributed by atoms with Gasteiger partial charge in [0.05, 0.1) is 0 Å². The molecule has 1 unspecified atom stereocenters. The lowest BCUT2D eigenvalue weighted by atomic mass is 10.2. The zero-order valence-corrected chi connectivity index (χ0v) is 16.3. The van der Waals surface area contributed by atoms with Crippen LogP contribution in [0.1, 0.15) is 0 Å². The first-order valence-electron chi connectivity index (χ1n) is 8.39. The highest BCUT2D eigenvalue weighted by molar-refractivity contribution is 9.10. The maximum Gasteiger partial charge on any atom is 0.119 e. The maximum absolute atomic E-state index is 10.2. The van der Waals surface area contributed by atoms with E-state index in [4.69, 9.17) is 16.3 Å². The molecule has 0 amide bonds. The minimum Gasteiger partial charge on any atom is -0.491 e. The highest BCUT2D eigenvalue weighted by Crippen LogP contribution is 2.21. The smallest absolute Gasteiger partial charge is 0.119 e. The Morgan fingerprint density at radius 1 is 1.08 bits per heavy atom. The van der Waals surface area contributed by atoms with Gasteiger partial charge < -0.3 is 14.7 Å². The predicted molar refractivity (Wildman–Crippen MR) is 106 cm³/mol. The van der Waals surface area contributed by atoms with E-state index in [-0.39, 0.29) is 0 Å². The van der Waals surface area contributed by atoms with Crippen LogP contribution in [0.4, 0.5) is 5.69 Å². The number of nitrogens with zero attached hydrogens (tertiary/aromatic N) is 2. The number of rotatable bonds is 6. The second-order valence-corrected chi connectivity index (χ2v) is 7.54. The third-order valence-corrected chi connectivity index (χ3v) is 5.03. The molecule has 2 aromatic rings. The summed E-state index contributed by atoms with van der Waals surface area (Å²) >= 11 is 9.46. The number of hydrogen-bond donors (Lipinski definition) is 1. The van der Waals surface area contributed by atoms with Gasteiger partial charge in [-0.05, 0) is 42.5 Å². The summed E-state index contributed by atoms with van der Waals surface area (Å²) in [5.41, 5.74) is 1.16. The van der Waals surface area contributed by atoms with E-state index in [1.54, 1.807) is 0 Å². The van der Waals surface area contributed by atoms with E-state index in [0.29, 0.717) is 13.2 Å². The predicted octanol–water partition coefficient (Wildman–Crippen LogP) is 3.66. The fraction of sp³-hybridized carbons (Fsp3) is 0.368. The van der Waals surface area contributed by atoms with Crippen LogP contribution in [-0.4, -0.2) is 55.4 Å². The molecule has 1 aliphatic heterocycles. The number of ether oxygens (including phenoxy) is 1. The average molecular weight is 426 g/mol. The third kappa shape index (κ3) is 5.61. The molecule has 1 aliphatic rings. The summed E-state index contributed by atoms with van der Waals surface area (Å²) in [7, 11) is 0. The lowest BCUT2D eigenvalue weighted by molar-refractivity contribution is 0.0663. The van der Waals surface area contributed by atoms with Crippen molar-refractivity contribution < 1.29 is 9.84 Å². The first-order chi connectivity index (χ1) is 12.1. The molecule has 1 fully saturated rings. The van der Waals surface area contributed by atoms with E-state index in [0.717, 1.165) is 47.1 Å². The monoisotopic (exact) mass is 424 g/mol. The van der Waals surface area contributed by atoms with Crippen molar-refractivity contribution in [2.24, 2.45) is 0 Å². The number of benzene rings is 2. The molecule has 0 aliphatic carbocycles. The summed E-state index contributed by atoms with van der Waals surface area (Å²) < 4.78 is 6.66. The van der Waals surface area contributed by atoms with Gasteiger partial charge in [-0.15, -0.1) is 0 Å². The Bertz CT molecular complexity index is 675. The Hall–Kier alpha value is -1.27. The molecular formula is C19H22BrClN2O2. The van der Waals surface area contributed by atoms with E-state index in [1.165, 1.54) is 0 Å². The number of aliphatic hydroxyl groups excluding tert-OH is 1. The standard InChI is InChI=1S/C19H22BrClN2O2/c20-15-4-6-19(7-5-15)25-14-18(24)13-22-8-10-23(11-9-22)17-3-1-2-16(21)12-17/h1-7,12,18,24H,8-11,13-14H2. The molecule has 25 heavy (non-hydrogen) atoms. The molecule has 0 aromatic heterocycles. The second kappa shape index (κ2) is 8.90. The molecule has 1 heterocycles. The molecule has 2 aromatic carbocycles. The summed E-state index contributed by atoms with van der Waals surface area (Å²) in [5.74, 6) is 0.771. The molecule has 134 valence electrons. The molecule has 0 spiro atoms. The van der Waals surface area contributed by atoms with Gasteiger partial charge in [-0.2, -0.15) is 0 Å². The lowest BCUT2D eigenvalue weighted by Gasteiger charge is -2.36. The number of piperazine rings is 1. The molecule has 0 bridgehead atoms. The van der Waals surface area contributed by atoms with Crippen LogP contribution in [0.3, 0.4) is 0 Å².